The number of carbonyl (C=O) groups excluding carboxylic acids is 2. The summed E-state index contributed by atoms with van der Waals surface area (Å²) in [6, 6.07) is 14.1. The molecule has 3 aromatic rings. The van der Waals surface area contributed by atoms with Crippen LogP contribution < -0.4 is 15.4 Å². The van der Waals surface area contributed by atoms with Gasteiger partial charge in [-0.15, -0.1) is 11.3 Å². The minimum absolute atomic E-state index is 0.103. The Bertz CT molecular complexity index is 875. The summed E-state index contributed by atoms with van der Waals surface area (Å²) < 4.78 is 4.98. The van der Waals surface area contributed by atoms with Crippen LogP contribution in [0.1, 0.15) is 25.6 Å². The average molecular weight is 367 g/mol. The van der Waals surface area contributed by atoms with Crippen molar-refractivity contribution in [3.63, 3.8) is 0 Å². The van der Waals surface area contributed by atoms with Gasteiger partial charge >= 0.3 is 0 Å². The van der Waals surface area contributed by atoms with E-state index < -0.39 is 0 Å². The number of benzene rings is 1. The quantitative estimate of drug-likeness (QED) is 0.700. The minimum atomic E-state index is -0.230. The fourth-order valence-corrected chi connectivity index (χ4v) is 2.87. The molecule has 0 aliphatic heterocycles. The highest BCUT2D eigenvalue weighted by molar-refractivity contribution is 7.12. The highest BCUT2D eigenvalue weighted by atomic mass is 32.1. The van der Waals surface area contributed by atoms with E-state index in [0.29, 0.717) is 28.6 Å². The van der Waals surface area contributed by atoms with Gasteiger partial charge in [0.2, 0.25) is 5.88 Å². The van der Waals surface area contributed by atoms with Gasteiger partial charge in [-0.25, -0.2) is 4.98 Å². The summed E-state index contributed by atoms with van der Waals surface area (Å²) in [6.07, 6.45) is 1.53. The first-order chi connectivity index (χ1) is 12.7. The maximum atomic E-state index is 12.3. The van der Waals surface area contributed by atoms with E-state index in [9.17, 15) is 9.59 Å². The van der Waals surface area contributed by atoms with Crippen molar-refractivity contribution in [1.82, 2.24) is 10.3 Å². The molecule has 0 aliphatic rings. The minimum Gasteiger partial charge on any atom is -0.481 e. The molecule has 2 amide bonds. The number of amides is 2. The largest absolute Gasteiger partial charge is 0.481 e. The van der Waals surface area contributed by atoms with Crippen LogP contribution in [0.4, 0.5) is 5.69 Å². The fraction of sp³-hybridized carbons (Fsp3) is 0.105. The fourth-order valence-electron chi connectivity index (χ4n) is 2.23. The molecule has 26 heavy (non-hydrogen) atoms. The van der Waals surface area contributed by atoms with Gasteiger partial charge < -0.3 is 15.4 Å². The second-order valence-corrected chi connectivity index (χ2v) is 6.35. The Kier molecular flexibility index (Phi) is 5.60. The highest BCUT2D eigenvalue weighted by Crippen LogP contribution is 2.13. The number of hydrogen-bond acceptors (Lipinski definition) is 5. The Morgan fingerprint density at radius 3 is 2.50 bits per heavy atom. The molecule has 0 unspecified atom stereocenters. The summed E-state index contributed by atoms with van der Waals surface area (Å²) in [5.74, 6) is 0.150. The molecular formula is C19H17N3O3S. The third-order valence-corrected chi connectivity index (χ3v) is 4.49. The predicted molar refractivity (Wildman–Crippen MR) is 101 cm³/mol. The smallest absolute Gasteiger partial charge is 0.261 e. The summed E-state index contributed by atoms with van der Waals surface area (Å²) in [5, 5.41) is 7.49. The summed E-state index contributed by atoms with van der Waals surface area (Å²) in [6.45, 7) is 0.404. The van der Waals surface area contributed by atoms with E-state index in [0.717, 1.165) is 5.56 Å². The molecule has 0 bridgehead atoms. The van der Waals surface area contributed by atoms with Crippen molar-refractivity contribution in [3.8, 4) is 5.88 Å². The van der Waals surface area contributed by atoms with Crippen molar-refractivity contribution in [2.24, 2.45) is 0 Å². The van der Waals surface area contributed by atoms with E-state index in [4.69, 9.17) is 4.74 Å². The number of pyridine rings is 1. The topological polar surface area (TPSA) is 80.3 Å². The molecule has 2 aromatic heterocycles. The lowest BCUT2D eigenvalue weighted by Crippen LogP contribution is -2.21. The molecule has 2 N–H and O–H groups in total. The molecule has 0 aliphatic carbocycles. The van der Waals surface area contributed by atoms with Crippen LogP contribution in [0.2, 0.25) is 0 Å². The highest BCUT2D eigenvalue weighted by Gasteiger charge is 2.08. The van der Waals surface area contributed by atoms with Crippen molar-refractivity contribution in [2.75, 3.05) is 12.4 Å². The number of rotatable bonds is 6. The summed E-state index contributed by atoms with van der Waals surface area (Å²) in [4.78, 5) is 28.9. The number of carbonyl (C=O) groups is 2. The second kappa shape index (κ2) is 8.26. The first-order valence-electron chi connectivity index (χ1n) is 7.88. The maximum Gasteiger partial charge on any atom is 0.261 e. The lowest BCUT2D eigenvalue weighted by molar-refractivity contribution is 0.0953. The number of methoxy groups -OCH3 is 1. The molecule has 0 saturated heterocycles. The van der Waals surface area contributed by atoms with Gasteiger partial charge in [0.1, 0.15) is 0 Å². The molecule has 0 fully saturated rings. The lowest BCUT2D eigenvalue weighted by atomic mass is 10.1. The van der Waals surface area contributed by atoms with Crippen LogP contribution in [0, 0.1) is 0 Å². The van der Waals surface area contributed by atoms with E-state index in [2.05, 4.69) is 15.6 Å². The third-order valence-electron chi connectivity index (χ3n) is 3.62. The van der Waals surface area contributed by atoms with Crippen molar-refractivity contribution in [1.29, 1.82) is 0 Å². The molecule has 132 valence electrons. The Balaban J connectivity index is 1.56. The molecule has 7 heteroatoms. The normalized spacial score (nSPS) is 10.2. The standard InChI is InChI=1S/C19H17N3O3S/c1-25-17-9-8-15(12-20-17)22-18(23)14-6-4-13(5-7-14)11-21-19(24)16-3-2-10-26-16/h2-10,12H,11H2,1H3,(H,21,24)(H,22,23). The molecule has 0 saturated carbocycles. The first kappa shape index (κ1) is 17.6. The van der Waals surface area contributed by atoms with Gasteiger partial charge in [0.25, 0.3) is 11.8 Å². The number of nitrogens with zero attached hydrogens (tertiary/aromatic N) is 1. The molecule has 0 radical (unpaired) electrons. The molecular weight excluding hydrogens is 350 g/mol. The van der Waals surface area contributed by atoms with Crippen LogP contribution in [0.5, 0.6) is 5.88 Å². The number of hydrogen-bond donors (Lipinski definition) is 2. The van der Waals surface area contributed by atoms with Gasteiger partial charge in [-0.1, -0.05) is 18.2 Å². The zero-order valence-electron chi connectivity index (χ0n) is 14.1. The monoisotopic (exact) mass is 367 g/mol. The summed E-state index contributed by atoms with van der Waals surface area (Å²) >= 11 is 1.40. The zero-order chi connectivity index (χ0) is 18.4. The van der Waals surface area contributed by atoms with Crippen molar-refractivity contribution in [3.05, 3.63) is 76.1 Å². The first-order valence-corrected chi connectivity index (χ1v) is 8.76. The number of aromatic nitrogens is 1. The molecule has 3 rings (SSSR count). The van der Waals surface area contributed by atoms with Crippen LogP contribution in [0.15, 0.2) is 60.1 Å². The number of nitrogens with one attached hydrogen (secondary N) is 2. The Labute approximate surface area is 154 Å². The number of anilines is 1. The Hall–Kier alpha value is -3.19. The van der Waals surface area contributed by atoms with Crippen molar-refractivity contribution in [2.45, 2.75) is 6.54 Å². The Morgan fingerprint density at radius 1 is 1.08 bits per heavy atom. The van der Waals surface area contributed by atoms with Gasteiger partial charge in [0.05, 0.1) is 23.9 Å². The zero-order valence-corrected chi connectivity index (χ0v) is 14.9. The summed E-state index contributed by atoms with van der Waals surface area (Å²) in [5.41, 5.74) is 2.02. The van der Waals surface area contributed by atoms with E-state index in [1.54, 1.807) is 30.3 Å². The van der Waals surface area contributed by atoms with Crippen LogP contribution in [-0.2, 0) is 6.54 Å². The summed E-state index contributed by atoms with van der Waals surface area (Å²) in [7, 11) is 1.53. The van der Waals surface area contributed by atoms with Crippen molar-refractivity contribution < 1.29 is 14.3 Å². The van der Waals surface area contributed by atoms with E-state index >= 15 is 0 Å². The molecule has 1 aromatic carbocycles. The molecule has 0 spiro atoms. The maximum absolute atomic E-state index is 12.3. The molecule has 6 nitrogen and oxygen atoms in total. The second-order valence-electron chi connectivity index (χ2n) is 5.40. The van der Waals surface area contributed by atoms with Crippen molar-refractivity contribution >= 4 is 28.8 Å². The van der Waals surface area contributed by atoms with Gasteiger partial charge in [-0.2, -0.15) is 0 Å². The van der Waals surface area contributed by atoms with Crippen LogP contribution in [0.25, 0.3) is 0 Å². The van der Waals surface area contributed by atoms with Crippen LogP contribution >= 0.6 is 11.3 Å². The van der Waals surface area contributed by atoms with Crippen LogP contribution in [0.3, 0.4) is 0 Å². The van der Waals surface area contributed by atoms with E-state index in [-0.39, 0.29) is 11.8 Å². The number of thiophene rings is 1. The Morgan fingerprint density at radius 2 is 1.88 bits per heavy atom. The van der Waals surface area contributed by atoms with Gasteiger partial charge in [0.15, 0.2) is 0 Å². The third kappa shape index (κ3) is 4.46. The SMILES string of the molecule is COc1ccc(NC(=O)c2ccc(CNC(=O)c3cccs3)cc2)cn1. The van der Waals surface area contributed by atoms with E-state index in [1.807, 2.05) is 23.6 Å². The van der Waals surface area contributed by atoms with E-state index in [1.165, 1.54) is 24.6 Å². The van der Waals surface area contributed by atoms with Gasteiger partial charge in [-0.05, 0) is 35.2 Å². The van der Waals surface area contributed by atoms with Gasteiger partial charge in [0, 0.05) is 18.2 Å². The number of ether oxygens (including phenoxy) is 1. The molecule has 0 atom stereocenters. The van der Waals surface area contributed by atoms with Gasteiger partial charge in [-0.3, -0.25) is 9.59 Å². The molecule has 2 heterocycles. The average Bonchev–Trinajstić information content (AvgIpc) is 3.22. The lowest BCUT2D eigenvalue weighted by Gasteiger charge is -2.07. The van der Waals surface area contributed by atoms with Crippen LogP contribution in [-0.4, -0.2) is 23.9 Å². The predicted octanol–water partition coefficient (Wildman–Crippen LogP) is 3.33.